The summed E-state index contributed by atoms with van der Waals surface area (Å²) in [7, 11) is -9.33. The van der Waals surface area contributed by atoms with Crippen molar-refractivity contribution in [2.75, 3.05) is 10.8 Å². The molecule has 5 aromatic carbocycles. The first-order valence-corrected chi connectivity index (χ1v) is 19.3. The SMILES string of the molecule is O=S(=O)([O-])CN1/C(=C\C(=C/c2oc3cc4c(cc3c2CS(=O)(=O)O)oc2ccccc24)Cc2ccccc2)Oc2cc3c(cc21)oc1ccccc13.[K+]. The molecule has 0 fully saturated rings. The molecule has 0 unspecified atom stereocenters. The zero-order valence-corrected chi connectivity index (χ0v) is 32.7. The molecule has 0 bridgehead atoms. The Bertz CT molecular complexity index is 3030. The standard InChI is InChI=1S/C39H27NO10S2.K/c41-51(42,43)21-30-29-18-35-27(25-10-4-6-12-32(25)47-35)17-36(29)49-34(30)15-24(14-23-8-2-1-3-9-23)16-39-40(22-52(44,45)46)31-20-37-28(19-38(31)50-39)26-11-5-7-13-33(26)48-37;/h1-13,15-20H,14,21-22H2,(H,41,42,43)(H,44,45,46);/q;+1/p-1/b24-15-,39-16+;. The molecule has 0 spiro atoms. The molecule has 0 amide bonds. The topological polar surface area (TPSA) is 163 Å². The van der Waals surface area contributed by atoms with Crippen LogP contribution in [0.25, 0.3) is 60.9 Å². The fourth-order valence-corrected chi connectivity index (χ4v) is 8.10. The molecule has 0 aliphatic carbocycles. The van der Waals surface area contributed by atoms with Crippen LogP contribution in [-0.4, -0.2) is 31.8 Å². The Hall–Kier alpha value is -4.22. The Kier molecular flexibility index (Phi) is 9.16. The second kappa shape index (κ2) is 13.6. The summed E-state index contributed by atoms with van der Waals surface area (Å²) < 4.78 is 96.1. The minimum atomic E-state index is -4.81. The molecule has 3 aromatic heterocycles. The van der Waals surface area contributed by atoms with Crippen molar-refractivity contribution >= 4 is 86.8 Å². The van der Waals surface area contributed by atoms with Crippen molar-refractivity contribution in [3.8, 4) is 5.75 Å². The van der Waals surface area contributed by atoms with Crippen molar-refractivity contribution in [1.82, 2.24) is 0 Å². The quantitative estimate of drug-likeness (QED) is 0.154. The summed E-state index contributed by atoms with van der Waals surface area (Å²) in [6.07, 6.45) is 3.47. The van der Waals surface area contributed by atoms with E-state index in [-0.39, 0.29) is 75.0 Å². The van der Waals surface area contributed by atoms with Gasteiger partial charge in [0.05, 0.1) is 5.69 Å². The zero-order chi connectivity index (χ0) is 35.8. The maximum Gasteiger partial charge on any atom is 1.00 e. The summed E-state index contributed by atoms with van der Waals surface area (Å²) in [6.45, 7) is 0. The van der Waals surface area contributed by atoms with Gasteiger partial charge in [0.2, 0.25) is 5.88 Å². The number of nitrogens with zero attached hydrogens (tertiary/aromatic N) is 1. The summed E-state index contributed by atoms with van der Waals surface area (Å²) in [5.41, 5.74) is 4.56. The monoisotopic (exact) mass is 771 g/mol. The molecule has 1 N–H and O–H groups in total. The molecule has 8 aromatic rings. The number of anilines is 1. The maximum absolute atomic E-state index is 12.4. The number of ether oxygens (including phenoxy) is 1. The van der Waals surface area contributed by atoms with Crippen molar-refractivity contribution in [3.63, 3.8) is 0 Å². The van der Waals surface area contributed by atoms with Crippen molar-refractivity contribution in [2.24, 2.45) is 0 Å². The molecular formula is C39H26KNO10S2. The summed E-state index contributed by atoms with van der Waals surface area (Å²) in [5.74, 6) is -1.16. The number of hydrogen-bond acceptors (Lipinski definition) is 10. The Labute approximate surface area is 345 Å². The molecule has 0 saturated carbocycles. The van der Waals surface area contributed by atoms with Gasteiger partial charge in [0.15, 0.2) is 5.75 Å². The number of allylic oxidation sites excluding steroid dienone is 2. The maximum atomic E-state index is 12.4. The third-order valence-corrected chi connectivity index (χ3v) is 10.3. The van der Waals surface area contributed by atoms with E-state index in [0.29, 0.717) is 50.3 Å². The van der Waals surface area contributed by atoms with Crippen LogP contribution in [0.3, 0.4) is 0 Å². The second-order valence-corrected chi connectivity index (χ2v) is 15.4. The molecule has 4 heterocycles. The van der Waals surface area contributed by atoms with Crippen LogP contribution in [0.1, 0.15) is 16.9 Å². The van der Waals surface area contributed by atoms with Gasteiger partial charge in [-0.05, 0) is 54.0 Å². The van der Waals surface area contributed by atoms with Gasteiger partial charge in [0.25, 0.3) is 10.1 Å². The van der Waals surface area contributed by atoms with E-state index in [4.69, 9.17) is 18.0 Å². The van der Waals surface area contributed by atoms with Gasteiger partial charge in [-0.3, -0.25) is 9.45 Å². The first kappa shape index (κ1) is 35.8. The van der Waals surface area contributed by atoms with Gasteiger partial charge in [-0.25, -0.2) is 8.42 Å². The molecule has 0 atom stereocenters. The fourth-order valence-electron chi connectivity index (χ4n) is 6.85. The van der Waals surface area contributed by atoms with Crippen molar-refractivity contribution in [2.45, 2.75) is 12.2 Å². The van der Waals surface area contributed by atoms with E-state index in [2.05, 4.69) is 0 Å². The normalized spacial score (nSPS) is 14.5. The molecule has 14 heteroatoms. The Balaban J connectivity index is 0.00000400. The van der Waals surface area contributed by atoms with Gasteiger partial charge >= 0.3 is 51.4 Å². The summed E-state index contributed by atoms with van der Waals surface area (Å²) in [5, 5.41) is 3.63. The molecule has 0 saturated heterocycles. The average Bonchev–Trinajstić information content (AvgIpc) is 3.82. The van der Waals surface area contributed by atoms with E-state index >= 15 is 0 Å². The van der Waals surface area contributed by atoms with E-state index in [0.717, 1.165) is 27.1 Å². The Morgan fingerprint density at radius 2 is 1.28 bits per heavy atom. The van der Waals surface area contributed by atoms with Crippen LogP contribution in [-0.2, 0) is 32.4 Å². The smallest absolute Gasteiger partial charge is 0.747 e. The third-order valence-electron chi connectivity index (χ3n) is 9.04. The Morgan fingerprint density at radius 1 is 0.698 bits per heavy atom. The number of furan rings is 3. The molecule has 0 radical (unpaired) electrons. The summed E-state index contributed by atoms with van der Waals surface area (Å²) >= 11 is 0. The first-order chi connectivity index (χ1) is 25.0. The van der Waals surface area contributed by atoms with Crippen molar-refractivity contribution in [1.29, 1.82) is 0 Å². The van der Waals surface area contributed by atoms with E-state index in [9.17, 15) is 25.9 Å². The van der Waals surface area contributed by atoms with E-state index in [1.807, 2.05) is 78.9 Å². The van der Waals surface area contributed by atoms with Crippen molar-refractivity contribution in [3.05, 3.63) is 138 Å². The minimum Gasteiger partial charge on any atom is -0.747 e. The van der Waals surface area contributed by atoms with Crippen LogP contribution in [0, 0.1) is 0 Å². The van der Waals surface area contributed by atoms with Crippen LogP contribution in [0.4, 0.5) is 5.69 Å². The fraction of sp³-hybridized carbons (Fsp3) is 0.0769. The number of para-hydroxylation sites is 2. The molecular weight excluding hydrogens is 746 g/mol. The summed E-state index contributed by atoms with van der Waals surface area (Å²) in [6, 6.07) is 31.1. The number of benzene rings is 5. The van der Waals surface area contributed by atoms with Gasteiger partial charge in [-0.15, -0.1) is 0 Å². The van der Waals surface area contributed by atoms with Gasteiger partial charge in [0.1, 0.15) is 55.4 Å². The van der Waals surface area contributed by atoms with E-state index in [1.165, 1.54) is 4.90 Å². The number of fused-ring (bicyclic) bond motifs is 8. The van der Waals surface area contributed by atoms with Crippen molar-refractivity contribution < 1.29 is 95.3 Å². The van der Waals surface area contributed by atoms with Crippen LogP contribution in [0.5, 0.6) is 5.75 Å². The molecule has 260 valence electrons. The van der Waals surface area contributed by atoms with Crippen LogP contribution >= 0.6 is 0 Å². The molecule has 53 heavy (non-hydrogen) atoms. The molecule has 1 aliphatic rings. The molecule has 11 nitrogen and oxygen atoms in total. The van der Waals surface area contributed by atoms with Gasteiger partial charge in [-0.2, -0.15) is 8.42 Å². The predicted octanol–water partition coefficient (Wildman–Crippen LogP) is 5.49. The summed E-state index contributed by atoms with van der Waals surface area (Å²) in [4.78, 5) is 1.26. The van der Waals surface area contributed by atoms with Gasteiger partial charge in [0, 0.05) is 44.6 Å². The second-order valence-electron chi connectivity index (χ2n) is 12.6. The van der Waals surface area contributed by atoms with Gasteiger partial charge in [-0.1, -0.05) is 66.7 Å². The number of rotatable bonds is 8. The van der Waals surface area contributed by atoms with Crippen LogP contribution in [0.2, 0.25) is 0 Å². The average molecular weight is 772 g/mol. The van der Waals surface area contributed by atoms with E-state index in [1.54, 1.807) is 36.4 Å². The predicted molar refractivity (Wildman–Crippen MR) is 196 cm³/mol. The van der Waals surface area contributed by atoms with Gasteiger partial charge < -0.3 is 22.5 Å². The minimum absolute atomic E-state index is 0. The van der Waals surface area contributed by atoms with Crippen LogP contribution < -0.4 is 61.0 Å². The molecule has 9 rings (SSSR count). The largest absolute Gasteiger partial charge is 1.00 e. The van der Waals surface area contributed by atoms with E-state index < -0.39 is 31.9 Å². The number of hydrogen-bond donors (Lipinski definition) is 1. The zero-order valence-electron chi connectivity index (χ0n) is 28.0. The molecule has 1 aliphatic heterocycles. The Morgan fingerprint density at radius 3 is 1.94 bits per heavy atom. The van der Waals surface area contributed by atoms with Crippen LogP contribution in [0.15, 0.2) is 134 Å². The third kappa shape index (κ3) is 6.98. The first-order valence-electron chi connectivity index (χ1n) is 16.1.